The molecule has 0 spiro atoms. The average Bonchev–Trinajstić information content (AvgIpc) is 3.16. The van der Waals surface area contributed by atoms with E-state index in [-0.39, 0.29) is 11.6 Å². The van der Waals surface area contributed by atoms with Gasteiger partial charge in [-0.05, 0) is 42.7 Å². The summed E-state index contributed by atoms with van der Waals surface area (Å²) in [6.07, 6.45) is 1.54. The summed E-state index contributed by atoms with van der Waals surface area (Å²) >= 11 is 1.03. The Labute approximate surface area is 134 Å². The van der Waals surface area contributed by atoms with Gasteiger partial charge in [0, 0.05) is 11.9 Å². The Morgan fingerprint density at radius 3 is 2.78 bits per heavy atom. The van der Waals surface area contributed by atoms with Crippen molar-refractivity contribution in [2.75, 3.05) is 5.32 Å². The maximum Gasteiger partial charge on any atom is 0.356 e. The first-order valence-electron chi connectivity index (χ1n) is 6.54. The molecule has 0 radical (unpaired) electrons. The molecule has 0 unspecified atom stereocenters. The summed E-state index contributed by atoms with van der Waals surface area (Å²) < 4.78 is 5.16. The van der Waals surface area contributed by atoms with Gasteiger partial charge in [-0.2, -0.15) is 5.10 Å². The summed E-state index contributed by atoms with van der Waals surface area (Å²) in [5.74, 6) is -1.39. The van der Waals surface area contributed by atoms with Crippen molar-refractivity contribution in [3.63, 3.8) is 0 Å². The molecule has 2 aromatic heterocycles. The number of rotatable bonds is 4. The van der Waals surface area contributed by atoms with Crippen LogP contribution in [-0.4, -0.2) is 36.4 Å². The molecule has 2 N–H and O–H groups in total. The van der Waals surface area contributed by atoms with Gasteiger partial charge in [0.2, 0.25) is 0 Å². The van der Waals surface area contributed by atoms with Gasteiger partial charge in [-0.3, -0.25) is 4.79 Å². The zero-order chi connectivity index (χ0) is 16.4. The second-order valence-electron chi connectivity index (χ2n) is 4.64. The van der Waals surface area contributed by atoms with Crippen LogP contribution >= 0.6 is 11.5 Å². The lowest BCUT2D eigenvalue weighted by atomic mass is 10.2. The fourth-order valence-corrected chi connectivity index (χ4v) is 2.49. The van der Waals surface area contributed by atoms with Crippen LogP contribution in [0.3, 0.4) is 0 Å². The molecule has 3 rings (SSSR count). The van der Waals surface area contributed by atoms with E-state index in [1.165, 1.54) is 10.7 Å². The molecular weight excluding hydrogens is 318 g/mol. The molecule has 0 aliphatic carbocycles. The first kappa shape index (κ1) is 14.9. The lowest BCUT2D eigenvalue weighted by Gasteiger charge is -2.06. The zero-order valence-corrected chi connectivity index (χ0v) is 12.7. The molecule has 0 atom stereocenters. The largest absolute Gasteiger partial charge is 0.476 e. The summed E-state index contributed by atoms with van der Waals surface area (Å²) in [4.78, 5) is 23.5. The minimum atomic E-state index is -1.10. The number of hydrogen-bond donors (Lipinski definition) is 2. The average molecular weight is 329 g/mol. The number of aromatic nitrogens is 4. The molecule has 1 aromatic carbocycles. The molecule has 3 aromatic rings. The highest BCUT2D eigenvalue weighted by molar-refractivity contribution is 7.08. The predicted molar refractivity (Wildman–Crippen MR) is 83.1 cm³/mol. The smallest absolute Gasteiger partial charge is 0.356 e. The summed E-state index contributed by atoms with van der Waals surface area (Å²) in [7, 11) is 0. The van der Waals surface area contributed by atoms with Crippen LogP contribution in [0.25, 0.3) is 5.69 Å². The molecule has 2 heterocycles. The van der Waals surface area contributed by atoms with Crippen LogP contribution in [0.15, 0.2) is 36.5 Å². The van der Waals surface area contributed by atoms with Crippen molar-refractivity contribution in [2.45, 2.75) is 6.92 Å². The molecule has 0 aliphatic rings. The van der Waals surface area contributed by atoms with Gasteiger partial charge in [0.25, 0.3) is 5.91 Å². The van der Waals surface area contributed by atoms with Crippen molar-refractivity contribution in [1.82, 2.24) is 19.4 Å². The highest BCUT2D eigenvalue weighted by Gasteiger charge is 2.14. The first-order chi connectivity index (χ1) is 11.0. The van der Waals surface area contributed by atoms with E-state index in [0.717, 1.165) is 11.5 Å². The molecular formula is C14H11N5O3S. The summed E-state index contributed by atoms with van der Waals surface area (Å²) in [5.41, 5.74) is 1.72. The number of amides is 1. The summed E-state index contributed by atoms with van der Waals surface area (Å²) in [5, 5.41) is 19.4. The number of carboxylic acids is 1. The van der Waals surface area contributed by atoms with Crippen LogP contribution in [0.2, 0.25) is 0 Å². The molecule has 0 saturated carbocycles. The molecule has 1 amide bonds. The Balaban J connectivity index is 1.83. The molecule has 23 heavy (non-hydrogen) atoms. The standard InChI is InChI=1S/C14H11N5O3S/c1-8-12(23-18-16-8)13(20)15-9-3-2-4-10(7-9)19-6-5-11(17-19)14(21)22/h2-7H,1H3,(H,15,20)(H,21,22). The van der Waals surface area contributed by atoms with Gasteiger partial charge in [-0.1, -0.05) is 10.6 Å². The van der Waals surface area contributed by atoms with Crippen molar-refractivity contribution in [3.8, 4) is 5.69 Å². The fourth-order valence-electron chi connectivity index (χ4n) is 1.94. The van der Waals surface area contributed by atoms with Crippen molar-refractivity contribution in [2.24, 2.45) is 0 Å². The third-order valence-corrected chi connectivity index (χ3v) is 3.86. The molecule has 0 saturated heterocycles. The van der Waals surface area contributed by atoms with Crippen molar-refractivity contribution in [1.29, 1.82) is 0 Å². The Hall–Kier alpha value is -3.07. The second kappa shape index (κ2) is 5.97. The van der Waals surface area contributed by atoms with Crippen LogP contribution in [0.5, 0.6) is 0 Å². The van der Waals surface area contributed by atoms with Crippen molar-refractivity contribution < 1.29 is 14.7 Å². The molecule has 116 valence electrons. The number of carbonyl (C=O) groups excluding carboxylic acids is 1. The summed E-state index contributed by atoms with van der Waals surface area (Å²) in [6, 6.07) is 8.33. The predicted octanol–water partition coefficient (Wildman–Crippen LogP) is 1.98. The van der Waals surface area contributed by atoms with Gasteiger partial charge in [0.05, 0.1) is 11.4 Å². The van der Waals surface area contributed by atoms with E-state index in [2.05, 4.69) is 20.0 Å². The van der Waals surface area contributed by atoms with Gasteiger partial charge in [-0.25, -0.2) is 9.48 Å². The van der Waals surface area contributed by atoms with E-state index in [0.29, 0.717) is 21.9 Å². The first-order valence-corrected chi connectivity index (χ1v) is 7.31. The molecule has 9 heteroatoms. The highest BCUT2D eigenvalue weighted by Crippen LogP contribution is 2.17. The highest BCUT2D eigenvalue weighted by atomic mass is 32.1. The number of nitrogens with one attached hydrogen (secondary N) is 1. The minimum Gasteiger partial charge on any atom is -0.476 e. The maximum absolute atomic E-state index is 12.2. The molecule has 8 nitrogen and oxygen atoms in total. The van der Waals surface area contributed by atoms with E-state index in [4.69, 9.17) is 5.11 Å². The number of hydrogen-bond acceptors (Lipinski definition) is 6. The molecule has 0 bridgehead atoms. The Morgan fingerprint density at radius 1 is 1.30 bits per heavy atom. The maximum atomic E-state index is 12.2. The van der Waals surface area contributed by atoms with Crippen LogP contribution < -0.4 is 5.32 Å². The number of nitrogens with zero attached hydrogens (tertiary/aromatic N) is 4. The third kappa shape index (κ3) is 3.09. The van der Waals surface area contributed by atoms with Crippen LogP contribution in [0.1, 0.15) is 25.9 Å². The van der Waals surface area contributed by atoms with Gasteiger partial charge < -0.3 is 10.4 Å². The number of carbonyl (C=O) groups is 2. The lowest BCUT2D eigenvalue weighted by molar-refractivity contribution is 0.0689. The van der Waals surface area contributed by atoms with E-state index in [1.54, 1.807) is 37.4 Å². The van der Waals surface area contributed by atoms with Crippen LogP contribution in [0.4, 0.5) is 5.69 Å². The van der Waals surface area contributed by atoms with E-state index in [1.807, 2.05) is 0 Å². The van der Waals surface area contributed by atoms with Gasteiger partial charge in [0.15, 0.2) is 5.69 Å². The van der Waals surface area contributed by atoms with Gasteiger partial charge >= 0.3 is 5.97 Å². The van der Waals surface area contributed by atoms with Crippen LogP contribution in [-0.2, 0) is 0 Å². The minimum absolute atomic E-state index is 0.0502. The topological polar surface area (TPSA) is 110 Å². The fraction of sp³-hybridized carbons (Fsp3) is 0.0714. The number of anilines is 1. The SMILES string of the molecule is Cc1nnsc1C(=O)Nc1cccc(-n2ccc(C(=O)O)n2)c1. The number of aromatic carboxylic acids is 1. The second-order valence-corrected chi connectivity index (χ2v) is 5.40. The number of carboxylic acid groups (broad SMARTS) is 1. The van der Waals surface area contributed by atoms with E-state index in [9.17, 15) is 9.59 Å². The Morgan fingerprint density at radius 2 is 2.13 bits per heavy atom. The van der Waals surface area contributed by atoms with E-state index >= 15 is 0 Å². The third-order valence-electron chi connectivity index (χ3n) is 3.03. The van der Waals surface area contributed by atoms with Crippen molar-refractivity contribution >= 4 is 29.1 Å². The Kier molecular flexibility index (Phi) is 3.85. The molecule has 0 fully saturated rings. The van der Waals surface area contributed by atoms with Gasteiger partial charge in [-0.15, -0.1) is 5.10 Å². The van der Waals surface area contributed by atoms with E-state index < -0.39 is 5.97 Å². The quantitative estimate of drug-likeness (QED) is 0.757. The normalized spacial score (nSPS) is 10.5. The number of benzene rings is 1. The monoisotopic (exact) mass is 329 g/mol. The van der Waals surface area contributed by atoms with Crippen molar-refractivity contribution in [3.05, 3.63) is 52.8 Å². The molecule has 0 aliphatic heterocycles. The van der Waals surface area contributed by atoms with Crippen LogP contribution in [0, 0.1) is 6.92 Å². The lowest BCUT2D eigenvalue weighted by Crippen LogP contribution is -2.12. The van der Waals surface area contributed by atoms with Gasteiger partial charge in [0.1, 0.15) is 4.88 Å². The Bertz CT molecular complexity index is 886. The summed E-state index contributed by atoms with van der Waals surface area (Å²) in [6.45, 7) is 1.71. The number of aryl methyl sites for hydroxylation is 1. The zero-order valence-electron chi connectivity index (χ0n) is 11.9.